The van der Waals surface area contributed by atoms with E-state index in [2.05, 4.69) is 25.8 Å². The van der Waals surface area contributed by atoms with Gasteiger partial charge in [-0.2, -0.15) is 0 Å². The first-order valence-electron chi connectivity index (χ1n) is 9.83. The van der Waals surface area contributed by atoms with Crippen LogP contribution in [0.15, 0.2) is 23.2 Å². The SMILES string of the molecule is CN=C(NCC(=O)NCCOC)NC1CCN(Cc2ccc(OC)c(F)c2)CC1. The standard InChI is InChI=1S/C20H32FN5O3/c1-22-20(24-13-19(27)23-8-11-28-2)25-16-6-9-26(10-7-16)14-15-4-5-18(29-3)17(21)12-15/h4-5,12,16H,6-11,13-14H2,1-3H3,(H,23,27)(H2,22,24,25). The summed E-state index contributed by atoms with van der Waals surface area (Å²) in [7, 11) is 4.74. The zero-order valence-corrected chi connectivity index (χ0v) is 17.5. The fraction of sp³-hybridized carbons (Fsp3) is 0.600. The summed E-state index contributed by atoms with van der Waals surface area (Å²) in [5, 5.41) is 9.15. The molecule has 1 aliphatic heterocycles. The van der Waals surface area contributed by atoms with Gasteiger partial charge in [0.15, 0.2) is 17.5 Å². The van der Waals surface area contributed by atoms with Crippen LogP contribution >= 0.6 is 0 Å². The lowest BCUT2D eigenvalue weighted by Crippen LogP contribution is -2.50. The molecule has 0 unspecified atom stereocenters. The number of nitrogens with one attached hydrogen (secondary N) is 3. The Kier molecular flexibility index (Phi) is 9.66. The van der Waals surface area contributed by atoms with E-state index in [-0.39, 0.29) is 30.1 Å². The molecule has 1 aromatic carbocycles. The van der Waals surface area contributed by atoms with Crippen LogP contribution in [0.4, 0.5) is 4.39 Å². The smallest absolute Gasteiger partial charge is 0.239 e. The number of amides is 1. The third-order valence-electron chi connectivity index (χ3n) is 4.82. The van der Waals surface area contributed by atoms with Gasteiger partial charge >= 0.3 is 0 Å². The number of benzene rings is 1. The molecule has 2 rings (SSSR count). The number of halogens is 1. The van der Waals surface area contributed by atoms with Crippen LogP contribution in [0.2, 0.25) is 0 Å². The highest BCUT2D eigenvalue weighted by Gasteiger charge is 2.20. The van der Waals surface area contributed by atoms with Crippen molar-refractivity contribution in [2.75, 3.05) is 54.1 Å². The molecule has 0 bridgehead atoms. The van der Waals surface area contributed by atoms with Crippen molar-refractivity contribution in [3.8, 4) is 5.75 Å². The fourth-order valence-corrected chi connectivity index (χ4v) is 3.21. The molecule has 0 spiro atoms. The van der Waals surface area contributed by atoms with Crippen molar-refractivity contribution in [1.29, 1.82) is 0 Å². The molecule has 0 atom stereocenters. The summed E-state index contributed by atoms with van der Waals surface area (Å²) in [5.41, 5.74) is 0.937. The normalized spacial score (nSPS) is 15.8. The van der Waals surface area contributed by atoms with Crippen molar-refractivity contribution >= 4 is 11.9 Å². The Bertz CT molecular complexity index is 678. The maximum absolute atomic E-state index is 13.9. The predicted molar refractivity (Wildman–Crippen MR) is 111 cm³/mol. The number of hydrogen-bond donors (Lipinski definition) is 3. The topological polar surface area (TPSA) is 87.2 Å². The summed E-state index contributed by atoms with van der Waals surface area (Å²) in [4.78, 5) is 18.2. The van der Waals surface area contributed by atoms with Gasteiger partial charge in [0.25, 0.3) is 0 Å². The average molecular weight is 410 g/mol. The number of guanidine groups is 1. The molecule has 0 radical (unpaired) electrons. The Morgan fingerprint density at radius 2 is 2.03 bits per heavy atom. The van der Waals surface area contributed by atoms with Crippen LogP contribution in [0.3, 0.4) is 0 Å². The largest absolute Gasteiger partial charge is 0.494 e. The molecule has 1 aromatic rings. The van der Waals surface area contributed by atoms with Crippen LogP contribution in [-0.2, 0) is 16.1 Å². The lowest BCUT2D eigenvalue weighted by atomic mass is 10.0. The zero-order valence-electron chi connectivity index (χ0n) is 17.5. The highest BCUT2D eigenvalue weighted by molar-refractivity contribution is 5.86. The Labute approximate surface area is 171 Å². The van der Waals surface area contributed by atoms with Crippen molar-refractivity contribution < 1.29 is 18.7 Å². The van der Waals surface area contributed by atoms with Gasteiger partial charge < -0.3 is 25.4 Å². The quantitative estimate of drug-likeness (QED) is 0.317. The second-order valence-corrected chi connectivity index (χ2v) is 6.93. The van der Waals surface area contributed by atoms with E-state index in [1.807, 2.05) is 6.07 Å². The van der Waals surface area contributed by atoms with Gasteiger partial charge in [-0.1, -0.05) is 6.07 Å². The molecule has 0 aliphatic carbocycles. The lowest BCUT2D eigenvalue weighted by Gasteiger charge is -2.33. The van der Waals surface area contributed by atoms with Crippen molar-refractivity contribution in [1.82, 2.24) is 20.9 Å². The second kappa shape index (κ2) is 12.2. The monoisotopic (exact) mass is 409 g/mol. The van der Waals surface area contributed by atoms with Gasteiger partial charge in [0.1, 0.15) is 0 Å². The lowest BCUT2D eigenvalue weighted by molar-refractivity contribution is -0.120. The second-order valence-electron chi connectivity index (χ2n) is 6.93. The van der Waals surface area contributed by atoms with Gasteiger partial charge in [-0.3, -0.25) is 14.7 Å². The van der Waals surface area contributed by atoms with Crippen molar-refractivity contribution in [3.05, 3.63) is 29.6 Å². The number of methoxy groups -OCH3 is 2. The summed E-state index contributed by atoms with van der Waals surface area (Å²) in [6.45, 7) is 3.65. The zero-order chi connectivity index (χ0) is 21.1. The van der Waals surface area contributed by atoms with Crippen molar-refractivity contribution in [2.45, 2.75) is 25.4 Å². The maximum atomic E-state index is 13.9. The minimum Gasteiger partial charge on any atom is -0.494 e. The van der Waals surface area contributed by atoms with Crippen LogP contribution in [0.1, 0.15) is 18.4 Å². The summed E-state index contributed by atoms with van der Waals surface area (Å²) in [6.07, 6.45) is 1.89. The number of aliphatic imine (C=N–C) groups is 1. The summed E-state index contributed by atoms with van der Waals surface area (Å²) < 4.78 is 23.7. The minimum atomic E-state index is -0.331. The van der Waals surface area contributed by atoms with E-state index >= 15 is 0 Å². The van der Waals surface area contributed by atoms with E-state index in [0.717, 1.165) is 31.5 Å². The maximum Gasteiger partial charge on any atom is 0.239 e. The average Bonchev–Trinajstić information content (AvgIpc) is 2.72. The van der Waals surface area contributed by atoms with Gasteiger partial charge in [-0.05, 0) is 30.5 Å². The van der Waals surface area contributed by atoms with E-state index in [1.165, 1.54) is 13.2 Å². The van der Waals surface area contributed by atoms with Gasteiger partial charge in [0.2, 0.25) is 5.91 Å². The first kappa shape index (κ1) is 22.9. The number of hydrogen-bond acceptors (Lipinski definition) is 5. The molecule has 1 heterocycles. The highest BCUT2D eigenvalue weighted by atomic mass is 19.1. The van der Waals surface area contributed by atoms with Crippen molar-refractivity contribution in [2.24, 2.45) is 4.99 Å². The van der Waals surface area contributed by atoms with Crippen LogP contribution < -0.4 is 20.7 Å². The first-order chi connectivity index (χ1) is 14.0. The summed E-state index contributed by atoms with van der Waals surface area (Å²) in [5.74, 6) is 0.444. The van der Waals surface area contributed by atoms with Crippen molar-refractivity contribution in [3.63, 3.8) is 0 Å². The molecule has 1 saturated heterocycles. The fourth-order valence-electron chi connectivity index (χ4n) is 3.21. The minimum absolute atomic E-state index is 0.105. The number of piperidine rings is 1. The van der Waals surface area contributed by atoms with Crippen LogP contribution in [0.5, 0.6) is 5.75 Å². The molecule has 1 fully saturated rings. The molecule has 0 saturated carbocycles. The summed E-state index contributed by atoms with van der Waals surface area (Å²) >= 11 is 0. The first-order valence-corrected chi connectivity index (χ1v) is 9.83. The van der Waals surface area contributed by atoms with E-state index in [1.54, 1.807) is 20.2 Å². The summed E-state index contributed by atoms with van der Waals surface area (Å²) in [6, 6.07) is 5.38. The molecular weight excluding hydrogens is 377 g/mol. The Hall–Kier alpha value is -2.39. The highest BCUT2D eigenvalue weighted by Crippen LogP contribution is 2.20. The molecule has 9 heteroatoms. The predicted octanol–water partition coefficient (Wildman–Crippen LogP) is 0.726. The number of nitrogens with zero attached hydrogens (tertiary/aromatic N) is 2. The molecule has 3 N–H and O–H groups in total. The number of carbonyl (C=O) groups excluding carboxylic acids is 1. The Morgan fingerprint density at radius 1 is 1.28 bits per heavy atom. The van der Waals surface area contributed by atoms with Crippen LogP contribution in [0, 0.1) is 5.82 Å². The molecule has 1 amide bonds. The van der Waals surface area contributed by atoms with E-state index in [0.29, 0.717) is 25.7 Å². The third-order valence-corrected chi connectivity index (χ3v) is 4.82. The van der Waals surface area contributed by atoms with E-state index < -0.39 is 0 Å². The Balaban J connectivity index is 1.71. The molecule has 1 aliphatic rings. The molecule has 162 valence electrons. The number of rotatable bonds is 9. The molecule has 0 aromatic heterocycles. The van der Waals surface area contributed by atoms with Crippen LogP contribution in [0.25, 0.3) is 0 Å². The number of carbonyl (C=O) groups is 1. The van der Waals surface area contributed by atoms with Gasteiger partial charge in [0.05, 0.1) is 20.3 Å². The van der Waals surface area contributed by atoms with E-state index in [9.17, 15) is 9.18 Å². The Morgan fingerprint density at radius 3 is 2.66 bits per heavy atom. The van der Waals surface area contributed by atoms with Gasteiger partial charge in [-0.25, -0.2) is 4.39 Å². The van der Waals surface area contributed by atoms with Crippen LogP contribution in [-0.4, -0.2) is 76.9 Å². The number of ether oxygens (including phenoxy) is 2. The third kappa shape index (κ3) is 7.86. The van der Waals surface area contributed by atoms with E-state index in [4.69, 9.17) is 9.47 Å². The number of likely N-dealkylation sites (tertiary alicyclic amines) is 1. The van der Waals surface area contributed by atoms with Gasteiger partial charge in [0, 0.05) is 46.4 Å². The molecular formula is C20H32FN5O3. The van der Waals surface area contributed by atoms with Gasteiger partial charge in [-0.15, -0.1) is 0 Å². The molecule has 29 heavy (non-hydrogen) atoms. The molecule has 8 nitrogen and oxygen atoms in total.